The summed E-state index contributed by atoms with van der Waals surface area (Å²) in [6, 6.07) is 12.8. The van der Waals surface area contributed by atoms with Crippen molar-refractivity contribution in [3.05, 3.63) is 64.4 Å². The summed E-state index contributed by atoms with van der Waals surface area (Å²) in [7, 11) is 1.66. The second-order valence-corrected chi connectivity index (χ2v) is 5.21. The Hall–Kier alpha value is -1.58. The zero-order chi connectivity index (χ0) is 15.2. The van der Waals surface area contributed by atoms with Gasteiger partial charge in [0.2, 0.25) is 0 Å². The second kappa shape index (κ2) is 7.43. The fourth-order valence-electron chi connectivity index (χ4n) is 2.37. The van der Waals surface area contributed by atoms with Gasteiger partial charge in [0.25, 0.3) is 0 Å². The second-order valence-electron chi connectivity index (χ2n) is 4.80. The molecule has 2 aromatic carbocycles. The summed E-state index contributed by atoms with van der Waals surface area (Å²) in [5, 5.41) is 3.56. The van der Waals surface area contributed by atoms with Gasteiger partial charge in [-0.1, -0.05) is 42.8 Å². The molecular formula is C17H19ClFNO. The van der Waals surface area contributed by atoms with Crippen molar-refractivity contribution in [1.82, 2.24) is 5.32 Å². The van der Waals surface area contributed by atoms with E-state index in [0.717, 1.165) is 29.8 Å². The van der Waals surface area contributed by atoms with Crippen LogP contribution in [0.3, 0.4) is 0 Å². The molecular weight excluding hydrogens is 289 g/mol. The SMILES string of the molecule is CCNC(Cc1ccccc1OC)c1ccc(F)c(Cl)c1. The molecule has 1 unspecified atom stereocenters. The summed E-state index contributed by atoms with van der Waals surface area (Å²) in [5.41, 5.74) is 2.07. The van der Waals surface area contributed by atoms with E-state index in [1.54, 1.807) is 19.2 Å². The van der Waals surface area contributed by atoms with Gasteiger partial charge < -0.3 is 10.1 Å². The van der Waals surface area contributed by atoms with Crippen LogP contribution in [0.4, 0.5) is 4.39 Å². The first-order valence-electron chi connectivity index (χ1n) is 6.96. The van der Waals surface area contributed by atoms with Gasteiger partial charge in [-0.15, -0.1) is 0 Å². The Balaban J connectivity index is 2.28. The number of rotatable bonds is 6. The van der Waals surface area contributed by atoms with Crippen LogP contribution in [0, 0.1) is 5.82 Å². The van der Waals surface area contributed by atoms with Gasteiger partial charge in [-0.05, 0) is 42.3 Å². The van der Waals surface area contributed by atoms with Crippen molar-refractivity contribution in [3.8, 4) is 5.75 Å². The third-order valence-electron chi connectivity index (χ3n) is 3.41. The Morgan fingerprint density at radius 2 is 2.00 bits per heavy atom. The molecule has 2 nitrogen and oxygen atoms in total. The number of likely N-dealkylation sites (N-methyl/N-ethyl adjacent to an activating group) is 1. The van der Waals surface area contributed by atoms with Gasteiger partial charge in [0.1, 0.15) is 11.6 Å². The molecule has 0 bridgehead atoms. The molecule has 0 aliphatic rings. The molecule has 0 radical (unpaired) electrons. The number of hydrogen-bond acceptors (Lipinski definition) is 2. The molecule has 112 valence electrons. The van der Waals surface area contributed by atoms with E-state index >= 15 is 0 Å². The molecule has 0 aliphatic heterocycles. The quantitative estimate of drug-likeness (QED) is 0.855. The maximum Gasteiger partial charge on any atom is 0.141 e. The number of halogens is 2. The molecule has 1 atom stereocenters. The molecule has 21 heavy (non-hydrogen) atoms. The Morgan fingerprint density at radius 1 is 1.24 bits per heavy atom. The molecule has 2 aromatic rings. The van der Waals surface area contributed by atoms with Gasteiger partial charge in [-0.3, -0.25) is 0 Å². The number of benzene rings is 2. The molecule has 0 aliphatic carbocycles. The summed E-state index contributed by atoms with van der Waals surface area (Å²) in [6.07, 6.45) is 0.750. The maximum absolute atomic E-state index is 13.3. The van der Waals surface area contributed by atoms with E-state index in [4.69, 9.17) is 16.3 Å². The van der Waals surface area contributed by atoms with Crippen LogP contribution in [-0.2, 0) is 6.42 Å². The highest BCUT2D eigenvalue weighted by Crippen LogP contribution is 2.27. The van der Waals surface area contributed by atoms with Crippen LogP contribution in [-0.4, -0.2) is 13.7 Å². The standard InChI is InChI=1S/C17H19ClFNO/c1-3-20-16(12-8-9-15(19)14(18)10-12)11-13-6-4-5-7-17(13)21-2/h4-10,16,20H,3,11H2,1-2H3. The normalized spacial score (nSPS) is 12.2. The third kappa shape index (κ3) is 3.96. The number of hydrogen-bond donors (Lipinski definition) is 1. The molecule has 4 heteroatoms. The lowest BCUT2D eigenvalue weighted by Gasteiger charge is -2.20. The van der Waals surface area contributed by atoms with Gasteiger partial charge in [0.15, 0.2) is 0 Å². The van der Waals surface area contributed by atoms with E-state index in [2.05, 4.69) is 5.32 Å². The first-order valence-corrected chi connectivity index (χ1v) is 7.33. The monoisotopic (exact) mass is 307 g/mol. The van der Waals surface area contributed by atoms with Crippen molar-refractivity contribution < 1.29 is 9.13 Å². The van der Waals surface area contributed by atoms with Crippen molar-refractivity contribution >= 4 is 11.6 Å². The summed E-state index contributed by atoms with van der Waals surface area (Å²) in [6.45, 7) is 2.86. The molecule has 0 fully saturated rings. The Morgan fingerprint density at radius 3 is 2.67 bits per heavy atom. The number of methoxy groups -OCH3 is 1. The molecule has 0 saturated carbocycles. The van der Waals surface area contributed by atoms with Gasteiger partial charge in [0.05, 0.1) is 12.1 Å². The first kappa shape index (κ1) is 15.8. The van der Waals surface area contributed by atoms with Crippen molar-refractivity contribution in [1.29, 1.82) is 0 Å². The van der Waals surface area contributed by atoms with E-state index in [1.807, 2.05) is 31.2 Å². The summed E-state index contributed by atoms with van der Waals surface area (Å²) >= 11 is 5.89. The number of ether oxygens (including phenoxy) is 1. The van der Waals surface area contributed by atoms with Gasteiger partial charge >= 0.3 is 0 Å². The molecule has 1 N–H and O–H groups in total. The van der Waals surface area contributed by atoms with E-state index in [0.29, 0.717) is 0 Å². The topological polar surface area (TPSA) is 21.3 Å². The molecule has 0 heterocycles. The highest BCUT2D eigenvalue weighted by Gasteiger charge is 2.15. The number of nitrogens with one attached hydrogen (secondary N) is 1. The zero-order valence-corrected chi connectivity index (χ0v) is 13.0. The minimum absolute atomic E-state index is 0.0596. The fraction of sp³-hybridized carbons (Fsp3) is 0.294. The predicted molar refractivity (Wildman–Crippen MR) is 84.5 cm³/mol. The van der Waals surface area contributed by atoms with Crippen molar-refractivity contribution in [2.75, 3.05) is 13.7 Å². The maximum atomic E-state index is 13.3. The van der Waals surface area contributed by atoms with Gasteiger partial charge in [0, 0.05) is 6.04 Å². The fourth-order valence-corrected chi connectivity index (χ4v) is 2.56. The van der Waals surface area contributed by atoms with Crippen molar-refractivity contribution in [3.63, 3.8) is 0 Å². The highest BCUT2D eigenvalue weighted by molar-refractivity contribution is 6.30. The van der Waals surface area contributed by atoms with Crippen LogP contribution in [0.15, 0.2) is 42.5 Å². The third-order valence-corrected chi connectivity index (χ3v) is 3.70. The Bertz CT molecular complexity index is 603. The van der Waals surface area contributed by atoms with Gasteiger partial charge in [-0.25, -0.2) is 4.39 Å². The minimum atomic E-state index is -0.395. The van der Waals surface area contributed by atoms with Crippen LogP contribution < -0.4 is 10.1 Å². The lowest BCUT2D eigenvalue weighted by molar-refractivity contribution is 0.405. The van der Waals surface area contributed by atoms with Crippen LogP contribution in [0.1, 0.15) is 24.1 Å². The summed E-state index contributed by atoms with van der Waals surface area (Å²) in [5.74, 6) is 0.460. The first-order chi connectivity index (χ1) is 10.2. The molecule has 0 aromatic heterocycles. The van der Waals surface area contributed by atoms with Crippen molar-refractivity contribution in [2.24, 2.45) is 0 Å². The Kier molecular flexibility index (Phi) is 5.59. The Labute approximate surface area is 129 Å². The average Bonchev–Trinajstić information content (AvgIpc) is 2.50. The van der Waals surface area contributed by atoms with Crippen molar-refractivity contribution in [2.45, 2.75) is 19.4 Å². The summed E-state index contributed by atoms with van der Waals surface area (Å²) in [4.78, 5) is 0. The largest absolute Gasteiger partial charge is 0.496 e. The average molecular weight is 308 g/mol. The smallest absolute Gasteiger partial charge is 0.141 e. The lowest BCUT2D eigenvalue weighted by Crippen LogP contribution is -2.23. The zero-order valence-electron chi connectivity index (χ0n) is 12.2. The highest BCUT2D eigenvalue weighted by atomic mass is 35.5. The lowest BCUT2D eigenvalue weighted by atomic mass is 9.98. The molecule has 2 rings (SSSR count). The molecule has 0 saturated heterocycles. The molecule has 0 spiro atoms. The van der Waals surface area contributed by atoms with Crippen LogP contribution in [0.2, 0.25) is 5.02 Å². The molecule has 0 amide bonds. The van der Waals surface area contributed by atoms with E-state index in [1.165, 1.54) is 6.07 Å². The van der Waals surface area contributed by atoms with E-state index < -0.39 is 5.82 Å². The number of para-hydroxylation sites is 1. The minimum Gasteiger partial charge on any atom is -0.496 e. The van der Waals surface area contributed by atoms with Crippen LogP contribution in [0.25, 0.3) is 0 Å². The van der Waals surface area contributed by atoms with Crippen LogP contribution >= 0.6 is 11.6 Å². The van der Waals surface area contributed by atoms with E-state index in [9.17, 15) is 4.39 Å². The summed E-state index contributed by atoms with van der Waals surface area (Å²) < 4.78 is 18.7. The van der Waals surface area contributed by atoms with Crippen LogP contribution in [0.5, 0.6) is 5.75 Å². The van der Waals surface area contributed by atoms with E-state index in [-0.39, 0.29) is 11.1 Å². The predicted octanol–water partition coefficient (Wildman–Crippen LogP) is 4.38. The van der Waals surface area contributed by atoms with Gasteiger partial charge in [-0.2, -0.15) is 0 Å².